The van der Waals surface area contributed by atoms with Gasteiger partial charge in [-0.25, -0.2) is 4.79 Å². The van der Waals surface area contributed by atoms with E-state index >= 15 is 0 Å². The maximum Gasteiger partial charge on any atom is 0.329 e. The molecule has 2 aromatic carbocycles. The van der Waals surface area contributed by atoms with Crippen molar-refractivity contribution in [2.24, 2.45) is 0 Å². The lowest BCUT2D eigenvalue weighted by molar-refractivity contribution is -0.192. The molecule has 9 heteroatoms. The Balaban J connectivity index is 1.54. The number of likely N-dealkylation sites (tertiary alicyclic amines) is 1. The van der Waals surface area contributed by atoms with E-state index in [1.54, 1.807) is 53.4 Å². The standard InChI is InChI=1S/C22H22ClN3O5/c23-15-5-7-16(8-6-15)26-20(28)24-18-4-2-1-3-17(18)22(26,29)19(27)25-11-9-21(10-12-25)30-13-14-31-21/h1-8,29H,9-14H2,(H,24,28)/t22-/m0/s1. The number of nitrogens with one attached hydrogen (secondary N) is 1. The number of amides is 3. The van der Waals surface area contributed by atoms with Gasteiger partial charge in [-0.3, -0.25) is 9.69 Å². The zero-order valence-corrected chi connectivity index (χ0v) is 17.5. The number of rotatable bonds is 2. The number of fused-ring (bicyclic) bond motifs is 1. The summed E-state index contributed by atoms with van der Waals surface area (Å²) in [6, 6.07) is 12.6. The summed E-state index contributed by atoms with van der Waals surface area (Å²) in [7, 11) is 0. The van der Waals surface area contributed by atoms with Crippen LogP contribution in [0.15, 0.2) is 48.5 Å². The summed E-state index contributed by atoms with van der Waals surface area (Å²) >= 11 is 6.00. The molecular formula is C22H22ClN3O5. The van der Waals surface area contributed by atoms with E-state index in [0.29, 0.717) is 61.1 Å². The third-order valence-electron chi connectivity index (χ3n) is 6.08. The van der Waals surface area contributed by atoms with Crippen molar-refractivity contribution in [3.8, 4) is 0 Å². The molecule has 0 bridgehead atoms. The minimum Gasteiger partial charge on any atom is -0.359 e. The number of urea groups is 1. The van der Waals surface area contributed by atoms with Gasteiger partial charge in [0.1, 0.15) is 0 Å². The van der Waals surface area contributed by atoms with Gasteiger partial charge in [0.15, 0.2) is 5.79 Å². The van der Waals surface area contributed by atoms with Crippen molar-refractivity contribution in [1.82, 2.24) is 4.90 Å². The smallest absolute Gasteiger partial charge is 0.329 e. The number of carbonyl (C=O) groups excluding carboxylic acids is 2. The highest BCUT2D eigenvalue weighted by molar-refractivity contribution is 6.30. The molecule has 162 valence electrons. The van der Waals surface area contributed by atoms with E-state index in [2.05, 4.69) is 5.32 Å². The van der Waals surface area contributed by atoms with Gasteiger partial charge in [0.2, 0.25) is 0 Å². The average Bonchev–Trinajstić information content (AvgIpc) is 3.23. The van der Waals surface area contributed by atoms with E-state index in [1.165, 1.54) is 0 Å². The second kappa shape index (κ2) is 7.49. The predicted molar refractivity (Wildman–Crippen MR) is 114 cm³/mol. The Morgan fingerprint density at radius 2 is 1.68 bits per heavy atom. The zero-order chi connectivity index (χ0) is 21.6. The molecule has 1 atom stereocenters. The molecular weight excluding hydrogens is 422 g/mol. The second-order valence-corrected chi connectivity index (χ2v) is 8.30. The molecule has 3 heterocycles. The van der Waals surface area contributed by atoms with E-state index in [-0.39, 0.29) is 0 Å². The van der Waals surface area contributed by atoms with Crippen LogP contribution in [0, 0.1) is 0 Å². The van der Waals surface area contributed by atoms with Gasteiger partial charge in [0.05, 0.1) is 18.9 Å². The number of carbonyl (C=O) groups is 2. The number of halogens is 1. The molecule has 2 fully saturated rings. The van der Waals surface area contributed by atoms with Gasteiger partial charge in [-0.05, 0) is 30.3 Å². The molecule has 5 rings (SSSR count). The van der Waals surface area contributed by atoms with Crippen LogP contribution >= 0.6 is 11.6 Å². The lowest BCUT2D eigenvalue weighted by atomic mass is 9.93. The third kappa shape index (κ3) is 3.27. The first kappa shape index (κ1) is 20.3. The van der Waals surface area contributed by atoms with Crippen molar-refractivity contribution >= 4 is 34.9 Å². The van der Waals surface area contributed by atoms with Gasteiger partial charge in [-0.2, -0.15) is 0 Å². The number of hydrogen-bond donors (Lipinski definition) is 2. The fraction of sp³-hybridized carbons (Fsp3) is 0.364. The van der Waals surface area contributed by atoms with Gasteiger partial charge in [0, 0.05) is 42.2 Å². The van der Waals surface area contributed by atoms with Crippen molar-refractivity contribution in [2.45, 2.75) is 24.4 Å². The van der Waals surface area contributed by atoms with Gasteiger partial charge in [-0.15, -0.1) is 0 Å². The Bertz CT molecular complexity index is 1010. The second-order valence-electron chi connectivity index (χ2n) is 7.86. The third-order valence-corrected chi connectivity index (χ3v) is 6.33. The summed E-state index contributed by atoms with van der Waals surface area (Å²) in [6.45, 7) is 1.77. The highest BCUT2D eigenvalue weighted by atomic mass is 35.5. The lowest BCUT2D eigenvalue weighted by Gasteiger charge is -2.46. The van der Waals surface area contributed by atoms with E-state index in [4.69, 9.17) is 21.1 Å². The molecule has 3 aliphatic heterocycles. The van der Waals surface area contributed by atoms with Gasteiger partial charge >= 0.3 is 6.03 Å². The maximum atomic E-state index is 13.8. The van der Waals surface area contributed by atoms with Crippen molar-refractivity contribution < 1.29 is 24.2 Å². The Morgan fingerprint density at radius 1 is 1.03 bits per heavy atom. The van der Waals surface area contributed by atoms with Crippen LogP contribution in [0.2, 0.25) is 5.02 Å². The van der Waals surface area contributed by atoms with Crippen LogP contribution in [0.4, 0.5) is 16.2 Å². The number of ether oxygens (including phenoxy) is 2. The highest BCUT2D eigenvalue weighted by Crippen LogP contribution is 2.42. The molecule has 8 nitrogen and oxygen atoms in total. The predicted octanol–water partition coefficient (Wildman–Crippen LogP) is 2.90. The first-order valence-electron chi connectivity index (χ1n) is 10.2. The quantitative estimate of drug-likeness (QED) is 0.744. The summed E-state index contributed by atoms with van der Waals surface area (Å²) in [5, 5.41) is 15.2. The van der Waals surface area contributed by atoms with Crippen molar-refractivity contribution in [3.63, 3.8) is 0 Å². The lowest BCUT2D eigenvalue weighted by Crippen LogP contribution is -2.64. The molecule has 3 aliphatic rings. The van der Waals surface area contributed by atoms with Gasteiger partial charge in [0.25, 0.3) is 11.6 Å². The molecule has 0 unspecified atom stereocenters. The van der Waals surface area contributed by atoms with Crippen LogP contribution in [0.1, 0.15) is 18.4 Å². The summed E-state index contributed by atoms with van der Waals surface area (Å²) in [6.07, 6.45) is 1.01. The van der Waals surface area contributed by atoms with Gasteiger partial charge < -0.3 is 24.8 Å². The summed E-state index contributed by atoms with van der Waals surface area (Å²) < 4.78 is 11.5. The van der Waals surface area contributed by atoms with E-state index in [1.807, 2.05) is 0 Å². The Labute approximate surface area is 184 Å². The Morgan fingerprint density at radius 3 is 2.35 bits per heavy atom. The topological polar surface area (TPSA) is 91.3 Å². The number of anilines is 2. The number of hydrogen-bond acceptors (Lipinski definition) is 5. The molecule has 0 saturated carbocycles. The normalized spacial score (nSPS) is 24.8. The molecule has 1 spiro atoms. The first-order valence-corrected chi connectivity index (χ1v) is 10.6. The molecule has 3 amide bonds. The van der Waals surface area contributed by atoms with Crippen LogP contribution in [0.25, 0.3) is 0 Å². The number of aliphatic hydroxyl groups is 1. The van der Waals surface area contributed by atoms with E-state index < -0.39 is 23.5 Å². The maximum absolute atomic E-state index is 13.8. The van der Waals surface area contributed by atoms with Gasteiger partial charge in [-0.1, -0.05) is 29.8 Å². The Hall–Kier alpha value is -2.65. The number of benzene rings is 2. The van der Waals surface area contributed by atoms with Crippen LogP contribution < -0.4 is 10.2 Å². The Kier molecular flexibility index (Phi) is 4.90. The van der Waals surface area contributed by atoms with E-state index in [0.717, 1.165) is 4.90 Å². The van der Waals surface area contributed by atoms with Crippen molar-refractivity contribution in [2.75, 3.05) is 36.5 Å². The average molecular weight is 444 g/mol. The van der Waals surface area contributed by atoms with Crippen LogP contribution in [0.3, 0.4) is 0 Å². The molecule has 31 heavy (non-hydrogen) atoms. The largest absolute Gasteiger partial charge is 0.359 e. The van der Waals surface area contributed by atoms with Crippen LogP contribution in [-0.4, -0.2) is 54.0 Å². The molecule has 2 aromatic rings. The monoisotopic (exact) mass is 443 g/mol. The number of para-hydroxylation sites is 1. The van der Waals surface area contributed by atoms with Crippen LogP contribution in [0.5, 0.6) is 0 Å². The van der Waals surface area contributed by atoms with E-state index in [9.17, 15) is 14.7 Å². The minimum atomic E-state index is -2.21. The molecule has 0 radical (unpaired) electrons. The first-order chi connectivity index (χ1) is 14.9. The summed E-state index contributed by atoms with van der Waals surface area (Å²) in [4.78, 5) is 29.5. The fourth-order valence-electron chi connectivity index (χ4n) is 4.50. The van der Waals surface area contributed by atoms with Crippen molar-refractivity contribution in [1.29, 1.82) is 0 Å². The molecule has 0 aromatic heterocycles. The van der Waals surface area contributed by atoms with Crippen LogP contribution in [-0.2, 0) is 20.0 Å². The SMILES string of the molecule is O=C1Nc2ccccc2[C@](O)(C(=O)N2CCC3(CC2)OCCO3)N1c1ccc(Cl)cc1. The minimum absolute atomic E-state index is 0.309. The molecule has 0 aliphatic carbocycles. The summed E-state index contributed by atoms with van der Waals surface area (Å²) in [5.41, 5.74) is -1.16. The fourth-order valence-corrected chi connectivity index (χ4v) is 4.62. The number of piperidine rings is 1. The van der Waals surface area contributed by atoms with Crippen molar-refractivity contribution in [3.05, 3.63) is 59.1 Å². The zero-order valence-electron chi connectivity index (χ0n) is 16.7. The number of nitrogens with zero attached hydrogens (tertiary/aromatic N) is 2. The molecule has 2 N–H and O–H groups in total. The highest BCUT2D eigenvalue weighted by Gasteiger charge is 2.54. The summed E-state index contributed by atoms with van der Waals surface area (Å²) in [5.74, 6) is -1.23. The molecule has 2 saturated heterocycles.